The van der Waals surface area contributed by atoms with Gasteiger partial charge in [-0.15, -0.1) is 0 Å². The minimum Gasteiger partial charge on any atom is -0.358 e. The second-order valence-electron chi connectivity index (χ2n) is 2.63. The Morgan fingerprint density at radius 3 is 2.58 bits per heavy atom. The molecule has 0 unspecified atom stereocenters. The van der Waals surface area contributed by atoms with Crippen LogP contribution in [0.4, 0.5) is 5.82 Å². The van der Waals surface area contributed by atoms with Crippen LogP contribution in [0.15, 0.2) is 10.9 Å². The Balaban J connectivity index is 3.09. The van der Waals surface area contributed by atoms with Gasteiger partial charge in [0, 0.05) is 22.0 Å². The summed E-state index contributed by atoms with van der Waals surface area (Å²) in [5, 5.41) is 10.3. The molecule has 0 N–H and O–H groups in total. The summed E-state index contributed by atoms with van der Waals surface area (Å²) in [5.41, 5.74) is 0. The van der Waals surface area contributed by atoms with Crippen molar-refractivity contribution >= 4 is 21.7 Å². The molecular weight excluding hydrogens is 226 g/mol. The maximum absolute atomic E-state index is 10.3. The molecule has 1 heterocycles. The Hall–Kier alpha value is -0.910. The fourth-order valence-corrected chi connectivity index (χ4v) is 1.50. The molecule has 0 amide bonds. The summed E-state index contributed by atoms with van der Waals surface area (Å²) in [6.45, 7) is 3.85. The number of nitrogens with zero attached hydrogens (tertiary/aromatic N) is 3. The van der Waals surface area contributed by atoms with E-state index in [2.05, 4.69) is 20.9 Å². The highest BCUT2D eigenvalue weighted by Crippen LogP contribution is 2.20. The van der Waals surface area contributed by atoms with E-state index in [0.29, 0.717) is 4.73 Å². The van der Waals surface area contributed by atoms with Crippen molar-refractivity contribution < 1.29 is 4.92 Å². The minimum atomic E-state index is -0.510. The van der Waals surface area contributed by atoms with E-state index in [0.717, 1.165) is 0 Å². The largest absolute Gasteiger partial charge is 0.382 e. The second kappa shape index (κ2) is 3.22. The smallest absolute Gasteiger partial charge is 0.358 e. The second-order valence-corrected chi connectivity index (χ2v) is 3.34. The zero-order chi connectivity index (χ0) is 9.30. The lowest BCUT2D eigenvalue weighted by Crippen LogP contribution is -1.98. The first-order valence-corrected chi connectivity index (χ1v) is 4.20. The Morgan fingerprint density at radius 1 is 1.75 bits per heavy atom. The molecule has 66 valence electrons. The summed E-state index contributed by atoms with van der Waals surface area (Å²) in [5.74, 6) is -0.129. The molecule has 1 aromatic rings. The summed E-state index contributed by atoms with van der Waals surface area (Å²) < 4.78 is 2.18. The van der Waals surface area contributed by atoms with Gasteiger partial charge in [-0.2, -0.15) is 0 Å². The number of hydrogen-bond donors (Lipinski definition) is 0. The van der Waals surface area contributed by atoms with Crippen molar-refractivity contribution in [2.75, 3.05) is 0 Å². The van der Waals surface area contributed by atoms with Crippen molar-refractivity contribution in [2.45, 2.75) is 19.9 Å². The minimum absolute atomic E-state index is 0.129. The Bertz CT molecular complexity index is 308. The highest BCUT2D eigenvalue weighted by Gasteiger charge is 2.17. The number of halogens is 1. The topological polar surface area (TPSA) is 61.0 Å². The third-order valence-electron chi connectivity index (χ3n) is 1.42. The number of nitro groups is 1. The standard InChI is InChI=1S/C6H8BrN3O2/c1-4(2)9-3-5(10(11)12)8-6(9)7/h3-4H,1-2H3. The van der Waals surface area contributed by atoms with Crippen LogP contribution in [-0.2, 0) is 0 Å². The maximum Gasteiger partial charge on any atom is 0.382 e. The van der Waals surface area contributed by atoms with Gasteiger partial charge in [0.05, 0.1) is 0 Å². The highest BCUT2D eigenvalue weighted by atomic mass is 79.9. The monoisotopic (exact) mass is 233 g/mol. The predicted octanol–water partition coefficient (Wildman–Crippen LogP) is 2.13. The first-order valence-electron chi connectivity index (χ1n) is 3.41. The SMILES string of the molecule is CC(C)n1cc([N+](=O)[O-])nc1Br. The summed E-state index contributed by atoms with van der Waals surface area (Å²) >= 11 is 3.13. The van der Waals surface area contributed by atoms with Gasteiger partial charge < -0.3 is 10.1 Å². The van der Waals surface area contributed by atoms with E-state index in [9.17, 15) is 10.1 Å². The average Bonchev–Trinajstić information content (AvgIpc) is 2.30. The molecule has 0 bridgehead atoms. The average molecular weight is 234 g/mol. The van der Waals surface area contributed by atoms with E-state index >= 15 is 0 Å². The molecule has 1 aromatic heterocycles. The van der Waals surface area contributed by atoms with Crippen molar-refractivity contribution in [1.29, 1.82) is 0 Å². The summed E-state index contributed by atoms with van der Waals surface area (Å²) in [6.07, 6.45) is 1.41. The van der Waals surface area contributed by atoms with E-state index in [-0.39, 0.29) is 11.9 Å². The molecule has 0 aliphatic carbocycles. The van der Waals surface area contributed by atoms with Gasteiger partial charge in [0.25, 0.3) is 4.73 Å². The number of hydrogen-bond acceptors (Lipinski definition) is 3. The van der Waals surface area contributed by atoms with Crippen LogP contribution in [0, 0.1) is 10.1 Å². The first kappa shape index (κ1) is 9.18. The molecular formula is C6H8BrN3O2. The van der Waals surface area contributed by atoms with Crippen LogP contribution in [-0.4, -0.2) is 14.5 Å². The van der Waals surface area contributed by atoms with Crippen molar-refractivity contribution in [1.82, 2.24) is 9.55 Å². The summed E-state index contributed by atoms with van der Waals surface area (Å²) in [7, 11) is 0. The molecule has 0 aromatic carbocycles. The molecule has 0 radical (unpaired) electrons. The van der Waals surface area contributed by atoms with Gasteiger partial charge in [0.15, 0.2) is 0 Å². The first-order chi connectivity index (χ1) is 5.52. The van der Waals surface area contributed by atoms with Gasteiger partial charge in [0.1, 0.15) is 6.20 Å². The fourth-order valence-electron chi connectivity index (χ4n) is 0.809. The molecule has 0 saturated heterocycles. The van der Waals surface area contributed by atoms with Gasteiger partial charge >= 0.3 is 5.82 Å². The van der Waals surface area contributed by atoms with E-state index in [4.69, 9.17) is 0 Å². The Morgan fingerprint density at radius 2 is 2.33 bits per heavy atom. The van der Waals surface area contributed by atoms with Crippen LogP contribution < -0.4 is 0 Å². The van der Waals surface area contributed by atoms with Crippen molar-refractivity contribution in [2.24, 2.45) is 0 Å². The zero-order valence-electron chi connectivity index (χ0n) is 6.69. The summed E-state index contributed by atoms with van der Waals surface area (Å²) in [4.78, 5) is 13.5. The van der Waals surface area contributed by atoms with Gasteiger partial charge in [-0.05, 0) is 23.8 Å². The molecule has 0 atom stereocenters. The molecule has 6 heteroatoms. The molecule has 0 aliphatic heterocycles. The highest BCUT2D eigenvalue weighted by molar-refractivity contribution is 9.10. The molecule has 0 spiro atoms. The van der Waals surface area contributed by atoms with Crippen LogP contribution in [0.5, 0.6) is 0 Å². The number of imidazole rings is 1. The molecule has 1 rings (SSSR count). The quantitative estimate of drug-likeness (QED) is 0.581. The number of aromatic nitrogens is 2. The lowest BCUT2D eigenvalue weighted by Gasteiger charge is -2.03. The zero-order valence-corrected chi connectivity index (χ0v) is 8.28. The van der Waals surface area contributed by atoms with Crippen LogP contribution >= 0.6 is 15.9 Å². The van der Waals surface area contributed by atoms with Gasteiger partial charge in [-0.3, -0.25) is 4.57 Å². The molecule has 0 aliphatic rings. The van der Waals surface area contributed by atoms with E-state index in [1.165, 1.54) is 6.20 Å². The van der Waals surface area contributed by atoms with Gasteiger partial charge in [-0.1, -0.05) is 0 Å². The molecule has 0 saturated carbocycles. The molecule has 0 fully saturated rings. The van der Waals surface area contributed by atoms with Crippen molar-refractivity contribution in [3.05, 3.63) is 21.0 Å². The van der Waals surface area contributed by atoms with E-state index in [1.54, 1.807) is 4.57 Å². The van der Waals surface area contributed by atoms with E-state index < -0.39 is 4.92 Å². The van der Waals surface area contributed by atoms with E-state index in [1.807, 2.05) is 13.8 Å². The van der Waals surface area contributed by atoms with Crippen LogP contribution in [0.2, 0.25) is 0 Å². The lowest BCUT2D eigenvalue weighted by atomic mass is 10.4. The Kier molecular flexibility index (Phi) is 2.46. The van der Waals surface area contributed by atoms with Crippen LogP contribution in [0.25, 0.3) is 0 Å². The molecule has 12 heavy (non-hydrogen) atoms. The lowest BCUT2D eigenvalue weighted by molar-refractivity contribution is -0.389. The summed E-state index contributed by atoms with van der Waals surface area (Å²) in [6, 6.07) is 0.167. The fraction of sp³-hybridized carbons (Fsp3) is 0.500. The van der Waals surface area contributed by atoms with Gasteiger partial charge in [-0.25, -0.2) is 0 Å². The third kappa shape index (κ3) is 1.63. The predicted molar refractivity (Wildman–Crippen MR) is 47.0 cm³/mol. The van der Waals surface area contributed by atoms with Crippen LogP contribution in [0.3, 0.4) is 0 Å². The maximum atomic E-state index is 10.3. The number of rotatable bonds is 2. The normalized spacial score (nSPS) is 10.7. The molecule has 5 nitrogen and oxygen atoms in total. The Labute approximate surface area is 77.7 Å². The third-order valence-corrected chi connectivity index (χ3v) is 2.00. The van der Waals surface area contributed by atoms with Gasteiger partial charge in [0.2, 0.25) is 0 Å². The van der Waals surface area contributed by atoms with Crippen molar-refractivity contribution in [3.8, 4) is 0 Å². The van der Waals surface area contributed by atoms with Crippen LogP contribution in [0.1, 0.15) is 19.9 Å². The van der Waals surface area contributed by atoms with Crippen molar-refractivity contribution in [3.63, 3.8) is 0 Å².